The van der Waals surface area contributed by atoms with Gasteiger partial charge in [-0.05, 0) is 207 Å². The Morgan fingerprint density at radius 3 is 0.903 bits per heavy atom. The number of rotatable bonds is 8. The number of allylic oxidation sites excluding steroid dienone is 22. The average Bonchev–Trinajstić information content (AvgIpc) is 3.40. The minimum Gasteiger partial charge on any atom is -0.0877 e. The normalized spacial score (nSPS) is 12.5. The zero-order valence-electron chi connectivity index (χ0n) is 49.8. The zero-order chi connectivity index (χ0) is 55.5. The van der Waals surface area contributed by atoms with Crippen molar-refractivity contribution >= 4 is 29.9 Å². The molecule has 0 heteroatoms. The molecular weight excluding hydrogens is 865 g/mol. The summed E-state index contributed by atoms with van der Waals surface area (Å²) in [6.45, 7) is 45.5. The van der Waals surface area contributed by atoms with E-state index >= 15 is 0 Å². The van der Waals surface area contributed by atoms with Crippen molar-refractivity contribution < 1.29 is 0 Å². The highest BCUT2D eigenvalue weighted by Crippen LogP contribution is 2.23. The van der Waals surface area contributed by atoms with Gasteiger partial charge < -0.3 is 0 Å². The van der Waals surface area contributed by atoms with Crippen LogP contribution < -0.4 is 10.4 Å². The van der Waals surface area contributed by atoms with Crippen LogP contribution in [0.25, 0.3) is 29.9 Å². The predicted octanol–water partition coefficient (Wildman–Crippen LogP) is 21.7. The highest BCUT2D eigenvalue weighted by Gasteiger charge is 2.04. The van der Waals surface area contributed by atoms with Crippen LogP contribution >= 0.6 is 0 Å². The van der Waals surface area contributed by atoms with E-state index in [1.54, 1.807) is 0 Å². The molecule has 0 atom stereocenters. The van der Waals surface area contributed by atoms with E-state index in [2.05, 4.69) is 279 Å². The molecule has 0 heterocycles. The van der Waals surface area contributed by atoms with Crippen LogP contribution in [0.3, 0.4) is 0 Å². The third-order valence-corrected chi connectivity index (χ3v) is 10.9. The zero-order valence-corrected chi connectivity index (χ0v) is 49.8. The monoisotopic (exact) mass is 967 g/mol. The molecule has 4 aromatic carbocycles. The van der Waals surface area contributed by atoms with E-state index in [9.17, 15) is 0 Å². The Morgan fingerprint density at radius 1 is 0.319 bits per heavy atom. The van der Waals surface area contributed by atoms with E-state index in [0.717, 1.165) is 0 Å². The lowest BCUT2D eigenvalue weighted by atomic mass is 9.95. The molecule has 0 fully saturated rings. The summed E-state index contributed by atoms with van der Waals surface area (Å²) in [7, 11) is 0. The molecule has 4 rings (SSSR count). The Labute approximate surface area is 446 Å². The van der Waals surface area contributed by atoms with E-state index in [-0.39, 0.29) is 0 Å². The van der Waals surface area contributed by atoms with Crippen LogP contribution in [0, 0.1) is 27.7 Å². The summed E-state index contributed by atoms with van der Waals surface area (Å²) in [5.74, 6) is 0. The number of benzene rings is 4. The Morgan fingerprint density at radius 2 is 0.653 bits per heavy atom. The van der Waals surface area contributed by atoms with Gasteiger partial charge in [-0.15, -0.1) is 0 Å². The summed E-state index contributed by atoms with van der Waals surface area (Å²) in [5.41, 5.74) is 16.0. The molecule has 4 aromatic rings. The highest BCUT2D eigenvalue weighted by atomic mass is 14.1. The number of hydrogen-bond acceptors (Lipinski definition) is 0. The number of hydrogen-bond donors (Lipinski definition) is 0. The summed E-state index contributed by atoms with van der Waals surface area (Å²) < 4.78 is 0. The minimum absolute atomic E-state index is 1.31. The first kappa shape index (κ1) is 72.0. The van der Waals surface area contributed by atoms with Crippen LogP contribution in [0.1, 0.15) is 164 Å². The second-order valence-corrected chi connectivity index (χ2v) is 16.5. The molecule has 0 aliphatic heterocycles. The van der Waals surface area contributed by atoms with E-state index in [1.165, 1.54) is 77.2 Å². The molecule has 0 bridgehead atoms. The van der Waals surface area contributed by atoms with E-state index in [0.29, 0.717) is 0 Å². The van der Waals surface area contributed by atoms with Crippen LogP contribution in [-0.4, -0.2) is 0 Å². The topological polar surface area (TPSA) is 0 Å². The predicted molar refractivity (Wildman–Crippen MR) is 339 cm³/mol. The molecule has 72 heavy (non-hydrogen) atoms. The van der Waals surface area contributed by atoms with Gasteiger partial charge in [0.1, 0.15) is 0 Å². The van der Waals surface area contributed by atoms with E-state index in [1.807, 2.05) is 91.8 Å². The quantitative estimate of drug-likeness (QED) is 0.154. The van der Waals surface area contributed by atoms with Crippen LogP contribution in [0.2, 0.25) is 0 Å². The van der Waals surface area contributed by atoms with Crippen molar-refractivity contribution in [3.63, 3.8) is 0 Å². The molecule has 0 aliphatic rings. The van der Waals surface area contributed by atoms with Crippen molar-refractivity contribution in [2.45, 2.75) is 152 Å². The second-order valence-electron chi connectivity index (χ2n) is 16.5. The van der Waals surface area contributed by atoms with Gasteiger partial charge in [0.05, 0.1) is 0 Å². The lowest BCUT2D eigenvalue weighted by molar-refractivity contribution is 1.31. The summed E-state index contributed by atoms with van der Waals surface area (Å²) >= 11 is 0. The van der Waals surface area contributed by atoms with Gasteiger partial charge in [-0.2, -0.15) is 0 Å². The Kier molecular flexibility index (Phi) is 50.9. The lowest BCUT2D eigenvalue weighted by Crippen LogP contribution is -2.22. The van der Waals surface area contributed by atoms with Gasteiger partial charge in [-0.25, -0.2) is 0 Å². The fourth-order valence-corrected chi connectivity index (χ4v) is 6.11. The van der Waals surface area contributed by atoms with Crippen LogP contribution in [-0.2, 0) is 0 Å². The first-order valence-corrected chi connectivity index (χ1v) is 25.9. The van der Waals surface area contributed by atoms with Crippen molar-refractivity contribution in [2.75, 3.05) is 0 Å². The van der Waals surface area contributed by atoms with Crippen molar-refractivity contribution in [3.05, 3.63) is 266 Å². The molecule has 0 N–H and O–H groups in total. The molecule has 0 saturated carbocycles. The molecule has 0 radical (unpaired) electrons. The molecule has 0 saturated heterocycles. The van der Waals surface area contributed by atoms with Crippen LogP contribution in [0.5, 0.6) is 0 Å². The van der Waals surface area contributed by atoms with Gasteiger partial charge in [0, 0.05) is 0 Å². The molecule has 0 amide bonds. The first-order valence-electron chi connectivity index (χ1n) is 25.9. The molecule has 390 valence electrons. The lowest BCUT2D eigenvalue weighted by Gasteiger charge is -2.10. The third kappa shape index (κ3) is 38.3. The second kappa shape index (κ2) is 50.9. The maximum Gasteiger partial charge on any atom is -0.0129 e. The van der Waals surface area contributed by atoms with Gasteiger partial charge in [-0.1, -0.05) is 241 Å². The molecule has 0 nitrogen and oxygen atoms in total. The fraction of sp³-hybridized carbons (Fsp3) is 0.306. The largest absolute Gasteiger partial charge is 0.0877 e. The maximum absolute atomic E-state index is 2.16. The van der Waals surface area contributed by atoms with Crippen molar-refractivity contribution in [2.24, 2.45) is 0 Å². The Hall–Kier alpha value is -6.50. The molecular formula is C72H102. The molecule has 0 aromatic heterocycles. The maximum atomic E-state index is 2.16. The molecule has 0 unspecified atom stereocenters. The van der Waals surface area contributed by atoms with E-state index < -0.39 is 0 Å². The molecule has 0 aliphatic carbocycles. The fourth-order valence-electron chi connectivity index (χ4n) is 6.11. The first-order chi connectivity index (χ1) is 34.5. The van der Waals surface area contributed by atoms with Crippen molar-refractivity contribution in [3.8, 4) is 0 Å². The Balaban J connectivity index is -0.000000372. The van der Waals surface area contributed by atoms with Crippen LogP contribution in [0.15, 0.2) is 217 Å². The van der Waals surface area contributed by atoms with Crippen LogP contribution in [0.4, 0.5) is 0 Å². The highest BCUT2D eigenvalue weighted by molar-refractivity contribution is 5.77. The van der Waals surface area contributed by atoms with Gasteiger partial charge in [0.25, 0.3) is 0 Å². The van der Waals surface area contributed by atoms with Gasteiger partial charge in [0.2, 0.25) is 0 Å². The van der Waals surface area contributed by atoms with E-state index in [4.69, 9.17) is 0 Å². The Bertz CT molecular complexity index is 2340. The third-order valence-electron chi connectivity index (χ3n) is 10.9. The summed E-state index contributed by atoms with van der Waals surface area (Å²) in [6, 6.07) is 31.5. The summed E-state index contributed by atoms with van der Waals surface area (Å²) in [5, 5.41) is 2.62. The van der Waals surface area contributed by atoms with Crippen molar-refractivity contribution in [1.29, 1.82) is 0 Å². The molecule has 0 spiro atoms. The van der Waals surface area contributed by atoms with Gasteiger partial charge >= 0.3 is 0 Å². The van der Waals surface area contributed by atoms with Crippen molar-refractivity contribution in [1.82, 2.24) is 0 Å². The minimum atomic E-state index is 1.31. The summed E-state index contributed by atoms with van der Waals surface area (Å²) in [4.78, 5) is 0. The number of aryl methyl sites for hydroxylation is 4. The SMILES string of the molecule is C/C=C(C)\C(C)=C/C.C/C=C\C(=C/C)c1c(C)cccc1C.C/C=C\C(C)=C/C.C/C=C\C(C)=C/C.C/C=C\C=C/C.C/C=C\c1ccccc1C.C/C=C\c1ccccc1C.C/C=c1/cccc/c1=C/C. The average molecular weight is 968 g/mol. The van der Waals surface area contributed by atoms with Gasteiger partial charge in [0.15, 0.2) is 0 Å². The standard InChI is InChI=1S/C14H18.3C10H12.C8H14.2C7H12.C6H10/c1-5-8-13(6-2)14-11(3)9-7-10-12(14)4;2*1-3-6-10-8-5-4-7-9(10)2;1-3-9-7-5-6-8-10(9)4-2;1-5-7(3)8(4)6-2;2*1-4-6-7(3)5-2;1-3-5-6-4-2/h5-10H,1-4H3;3*3-8H,1-2H3;5-6H,1-4H3;2*4-6H,1-3H3;3-6H,1-2H3/b8-5-,13-6+;2*6-3-;9-3-,10-4-;7-5-,8-6-;2*6-4-,7-5-;5-3-,6-4-. The summed E-state index contributed by atoms with van der Waals surface area (Å²) in [6.07, 6.45) is 43.7. The van der Waals surface area contributed by atoms with Gasteiger partial charge in [-0.3, -0.25) is 0 Å². The smallest absolute Gasteiger partial charge is 0.0129 e.